The molecule has 0 saturated carbocycles. The van der Waals surface area contributed by atoms with E-state index in [1.807, 2.05) is 0 Å². The molecule has 1 aliphatic heterocycles. The number of allylic oxidation sites excluding steroid dienone is 1. The van der Waals surface area contributed by atoms with Crippen LogP contribution in [0.4, 0.5) is 0 Å². The number of hydrogen-bond acceptors (Lipinski definition) is 3. The first-order valence-electron chi connectivity index (χ1n) is 5.53. The molecule has 0 aromatic rings. The maximum absolute atomic E-state index is 9.48. The van der Waals surface area contributed by atoms with Crippen molar-refractivity contribution in [1.29, 1.82) is 0 Å². The first-order valence-corrected chi connectivity index (χ1v) is 5.53. The Labute approximate surface area is 85.1 Å². The number of nitrogens with one attached hydrogen (secondary N) is 1. The molecule has 2 N–H and O–H groups in total. The number of rotatable bonds is 4. The Kier molecular flexibility index (Phi) is 3.56. The van der Waals surface area contributed by atoms with E-state index in [2.05, 4.69) is 11.4 Å². The second-order valence-electron chi connectivity index (χ2n) is 4.17. The van der Waals surface area contributed by atoms with E-state index in [9.17, 15) is 5.11 Å². The molecule has 0 aromatic carbocycles. The summed E-state index contributed by atoms with van der Waals surface area (Å²) >= 11 is 0. The van der Waals surface area contributed by atoms with Crippen molar-refractivity contribution in [2.75, 3.05) is 19.8 Å². The van der Waals surface area contributed by atoms with Gasteiger partial charge in [-0.05, 0) is 32.2 Å². The van der Waals surface area contributed by atoms with Crippen molar-refractivity contribution in [3.8, 4) is 0 Å². The van der Waals surface area contributed by atoms with Crippen molar-refractivity contribution in [2.45, 2.75) is 37.8 Å². The molecule has 1 fully saturated rings. The summed E-state index contributed by atoms with van der Waals surface area (Å²) in [5.41, 5.74) is 1.57. The van der Waals surface area contributed by atoms with E-state index in [1.165, 1.54) is 19.3 Å². The Morgan fingerprint density at radius 2 is 2.43 bits per heavy atom. The zero-order valence-electron chi connectivity index (χ0n) is 8.54. The first kappa shape index (κ1) is 10.1. The van der Waals surface area contributed by atoms with Crippen LogP contribution in [0.1, 0.15) is 25.7 Å². The fraction of sp³-hybridized carbons (Fsp3) is 0.818. The summed E-state index contributed by atoms with van der Waals surface area (Å²) in [7, 11) is 0. The Hall–Kier alpha value is -0.380. The van der Waals surface area contributed by atoms with Gasteiger partial charge in [-0.2, -0.15) is 0 Å². The third-order valence-electron chi connectivity index (χ3n) is 3.04. The van der Waals surface area contributed by atoms with Crippen molar-refractivity contribution in [2.24, 2.45) is 0 Å². The zero-order valence-corrected chi connectivity index (χ0v) is 8.54. The average molecular weight is 197 g/mol. The molecule has 1 heterocycles. The van der Waals surface area contributed by atoms with Crippen LogP contribution in [0.15, 0.2) is 11.6 Å². The van der Waals surface area contributed by atoms with Gasteiger partial charge in [-0.15, -0.1) is 0 Å². The summed E-state index contributed by atoms with van der Waals surface area (Å²) in [6.07, 6.45) is 7.01. The molecule has 2 aliphatic rings. The Bertz CT molecular complexity index is 215. The molecule has 1 aliphatic carbocycles. The lowest BCUT2D eigenvalue weighted by molar-refractivity contribution is 0.122. The van der Waals surface area contributed by atoms with E-state index in [0.717, 1.165) is 13.0 Å². The summed E-state index contributed by atoms with van der Waals surface area (Å²) in [6.45, 7) is 2.11. The molecule has 0 bridgehead atoms. The minimum atomic E-state index is -0.312. The highest BCUT2D eigenvalue weighted by atomic mass is 16.5. The zero-order chi connectivity index (χ0) is 9.80. The highest BCUT2D eigenvalue weighted by molar-refractivity contribution is 5.07. The number of aliphatic hydroxyl groups excluding tert-OH is 1. The van der Waals surface area contributed by atoms with Crippen LogP contribution in [0.2, 0.25) is 0 Å². The average Bonchev–Trinajstić information content (AvgIpc) is 2.78. The molecule has 2 unspecified atom stereocenters. The van der Waals surface area contributed by atoms with E-state index in [1.54, 1.807) is 5.57 Å². The maximum Gasteiger partial charge on any atom is 0.0948 e. The van der Waals surface area contributed by atoms with Gasteiger partial charge >= 0.3 is 0 Å². The third-order valence-corrected chi connectivity index (χ3v) is 3.04. The summed E-state index contributed by atoms with van der Waals surface area (Å²) in [5.74, 6) is 0. The Morgan fingerprint density at radius 1 is 1.50 bits per heavy atom. The maximum atomic E-state index is 9.48. The van der Waals surface area contributed by atoms with Crippen LogP contribution in [0.3, 0.4) is 0 Å². The van der Waals surface area contributed by atoms with Crippen molar-refractivity contribution < 1.29 is 9.84 Å². The van der Waals surface area contributed by atoms with Crippen LogP contribution < -0.4 is 5.32 Å². The predicted octanol–water partition coefficient (Wildman–Crippen LogP) is 0.836. The molecule has 14 heavy (non-hydrogen) atoms. The number of hydrogen-bond donors (Lipinski definition) is 2. The van der Waals surface area contributed by atoms with Gasteiger partial charge in [0.25, 0.3) is 0 Å². The van der Waals surface area contributed by atoms with Crippen LogP contribution in [0, 0.1) is 0 Å². The van der Waals surface area contributed by atoms with Crippen LogP contribution in [0.25, 0.3) is 0 Å². The smallest absolute Gasteiger partial charge is 0.0948 e. The van der Waals surface area contributed by atoms with Gasteiger partial charge in [0.15, 0.2) is 0 Å². The van der Waals surface area contributed by atoms with Gasteiger partial charge in [0, 0.05) is 0 Å². The lowest BCUT2D eigenvalue weighted by Gasteiger charge is -2.14. The van der Waals surface area contributed by atoms with Gasteiger partial charge in [0.05, 0.1) is 25.4 Å². The van der Waals surface area contributed by atoms with Gasteiger partial charge in [-0.3, -0.25) is 0 Å². The second-order valence-corrected chi connectivity index (χ2v) is 4.17. The van der Waals surface area contributed by atoms with Gasteiger partial charge in [0.2, 0.25) is 0 Å². The van der Waals surface area contributed by atoms with Crippen LogP contribution in [-0.4, -0.2) is 37.0 Å². The molecule has 80 valence electrons. The summed E-state index contributed by atoms with van der Waals surface area (Å²) in [6, 6.07) is 0.150. The molecule has 3 heteroatoms. The molecule has 3 nitrogen and oxygen atoms in total. The Balaban J connectivity index is 1.62. The van der Waals surface area contributed by atoms with Gasteiger partial charge in [-0.25, -0.2) is 0 Å². The SMILES string of the molecule is OC1COCC1NCCC1=CCCC1. The lowest BCUT2D eigenvalue weighted by Crippen LogP contribution is -2.39. The lowest BCUT2D eigenvalue weighted by atomic mass is 10.1. The quantitative estimate of drug-likeness (QED) is 0.656. The molecule has 0 aromatic heterocycles. The van der Waals surface area contributed by atoms with E-state index in [-0.39, 0.29) is 12.1 Å². The molecule has 0 amide bonds. The molecule has 2 rings (SSSR count). The van der Waals surface area contributed by atoms with Gasteiger partial charge < -0.3 is 15.2 Å². The minimum Gasteiger partial charge on any atom is -0.389 e. The fourth-order valence-electron chi connectivity index (χ4n) is 2.12. The van der Waals surface area contributed by atoms with E-state index < -0.39 is 0 Å². The highest BCUT2D eigenvalue weighted by Gasteiger charge is 2.25. The number of aliphatic hydroxyl groups is 1. The standard InChI is InChI=1S/C11H19NO2/c13-11-8-14-7-10(11)12-6-5-9-3-1-2-4-9/h3,10-13H,1-2,4-8H2. The normalized spacial score (nSPS) is 32.2. The number of ether oxygens (including phenoxy) is 1. The van der Waals surface area contributed by atoms with Crippen molar-refractivity contribution in [3.63, 3.8) is 0 Å². The Morgan fingerprint density at radius 3 is 3.07 bits per heavy atom. The molecule has 2 atom stereocenters. The van der Waals surface area contributed by atoms with Gasteiger partial charge in [-0.1, -0.05) is 11.6 Å². The third kappa shape index (κ3) is 2.56. The molecule has 0 spiro atoms. The van der Waals surface area contributed by atoms with E-state index >= 15 is 0 Å². The largest absolute Gasteiger partial charge is 0.389 e. The second kappa shape index (κ2) is 4.91. The molecular weight excluding hydrogens is 178 g/mol. The highest BCUT2D eigenvalue weighted by Crippen LogP contribution is 2.19. The molecular formula is C11H19NO2. The topological polar surface area (TPSA) is 41.5 Å². The molecule has 1 saturated heterocycles. The molecule has 0 radical (unpaired) electrons. The summed E-state index contributed by atoms with van der Waals surface area (Å²) in [5, 5.41) is 12.8. The van der Waals surface area contributed by atoms with Crippen molar-refractivity contribution in [3.05, 3.63) is 11.6 Å². The van der Waals surface area contributed by atoms with Crippen LogP contribution in [-0.2, 0) is 4.74 Å². The van der Waals surface area contributed by atoms with Crippen LogP contribution >= 0.6 is 0 Å². The predicted molar refractivity (Wildman–Crippen MR) is 55.2 cm³/mol. The van der Waals surface area contributed by atoms with E-state index in [4.69, 9.17) is 4.74 Å². The summed E-state index contributed by atoms with van der Waals surface area (Å²) < 4.78 is 5.16. The van der Waals surface area contributed by atoms with E-state index in [0.29, 0.717) is 13.2 Å². The monoisotopic (exact) mass is 197 g/mol. The summed E-state index contributed by atoms with van der Waals surface area (Å²) in [4.78, 5) is 0. The van der Waals surface area contributed by atoms with Crippen molar-refractivity contribution >= 4 is 0 Å². The fourth-order valence-corrected chi connectivity index (χ4v) is 2.12. The van der Waals surface area contributed by atoms with Crippen LogP contribution in [0.5, 0.6) is 0 Å². The van der Waals surface area contributed by atoms with Gasteiger partial charge in [0.1, 0.15) is 0 Å². The van der Waals surface area contributed by atoms with Crippen molar-refractivity contribution in [1.82, 2.24) is 5.32 Å². The first-order chi connectivity index (χ1) is 6.86. The minimum absolute atomic E-state index is 0.150.